The average Bonchev–Trinajstić information content (AvgIpc) is 2.43. The van der Waals surface area contributed by atoms with Crippen molar-refractivity contribution in [1.82, 2.24) is 9.97 Å². The second kappa shape index (κ2) is 5.34. The van der Waals surface area contributed by atoms with E-state index in [2.05, 4.69) is 25.9 Å². The van der Waals surface area contributed by atoms with Crippen LogP contribution in [0.1, 0.15) is 0 Å². The molecule has 0 fully saturated rings. The first kappa shape index (κ1) is 13.3. The molecule has 3 aromatic rings. The molecule has 0 N–H and O–H groups in total. The van der Waals surface area contributed by atoms with E-state index in [-0.39, 0.29) is 11.1 Å². The minimum Gasteiger partial charge on any atom is -0.438 e. The van der Waals surface area contributed by atoms with Crippen molar-refractivity contribution in [3.8, 4) is 11.6 Å². The molecule has 2 aromatic carbocycles. The first-order valence-electron chi connectivity index (χ1n) is 5.69. The molecule has 0 unspecified atom stereocenters. The van der Waals surface area contributed by atoms with E-state index >= 15 is 0 Å². The Balaban J connectivity index is 2.07. The molecule has 0 saturated heterocycles. The van der Waals surface area contributed by atoms with Crippen molar-refractivity contribution in [1.29, 1.82) is 0 Å². The summed E-state index contributed by atoms with van der Waals surface area (Å²) < 4.78 is 19.2. The number of ether oxygens (including phenoxy) is 1. The van der Waals surface area contributed by atoms with E-state index < -0.39 is 0 Å². The summed E-state index contributed by atoms with van der Waals surface area (Å²) in [7, 11) is 0. The number of hydrogen-bond acceptors (Lipinski definition) is 3. The van der Waals surface area contributed by atoms with Crippen molar-refractivity contribution < 1.29 is 9.13 Å². The van der Waals surface area contributed by atoms with Crippen LogP contribution in [0, 0.1) is 5.82 Å². The highest BCUT2D eigenvalue weighted by atomic mass is 79.9. The first-order chi connectivity index (χ1) is 9.63. The van der Waals surface area contributed by atoms with Crippen molar-refractivity contribution in [2.45, 2.75) is 0 Å². The Labute approximate surface area is 127 Å². The van der Waals surface area contributed by atoms with E-state index in [0.717, 1.165) is 5.39 Å². The highest BCUT2D eigenvalue weighted by Gasteiger charge is 2.09. The lowest BCUT2D eigenvalue weighted by Crippen LogP contribution is -1.93. The van der Waals surface area contributed by atoms with Crippen LogP contribution in [-0.2, 0) is 0 Å². The Bertz CT molecular complexity index is 797. The van der Waals surface area contributed by atoms with E-state index in [1.807, 2.05) is 24.3 Å². The maximum atomic E-state index is 13.2. The van der Waals surface area contributed by atoms with Gasteiger partial charge in [-0.2, -0.15) is 4.98 Å². The molecule has 1 aromatic heterocycles. The number of para-hydroxylation sites is 1. The van der Waals surface area contributed by atoms with Crippen molar-refractivity contribution >= 4 is 38.4 Å². The standard InChI is InChI=1S/C14H7BrClFN2O/c15-10-7-8(5-6-11(10)17)20-13-9-3-1-2-4-12(9)18-14(16)19-13/h1-7H. The molecule has 100 valence electrons. The lowest BCUT2D eigenvalue weighted by Gasteiger charge is -2.08. The Kier molecular flexibility index (Phi) is 3.54. The smallest absolute Gasteiger partial charge is 0.231 e. The third kappa shape index (κ3) is 2.59. The van der Waals surface area contributed by atoms with Gasteiger partial charge in [0.25, 0.3) is 0 Å². The maximum absolute atomic E-state index is 13.2. The summed E-state index contributed by atoms with van der Waals surface area (Å²) in [6, 6.07) is 11.7. The Morgan fingerprint density at radius 1 is 1.10 bits per heavy atom. The molecule has 0 bridgehead atoms. The van der Waals surface area contributed by atoms with Crippen LogP contribution in [0.5, 0.6) is 11.6 Å². The van der Waals surface area contributed by atoms with Gasteiger partial charge in [-0.1, -0.05) is 12.1 Å². The van der Waals surface area contributed by atoms with Crippen LogP contribution in [0.4, 0.5) is 4.39 Å². The fourth-order valence-electron chi connectivity index (χ4n) is 1.75. The second-order valence-electron chi connectivity index (χ2n) is 3.99. The molecule has 0 aliphatic rings. The number of rotatable bonds is 2. The zero-order chi connectivity index (χ0) is 14.1. The number of halogens is 3. The summed E-state index contributed by atoms with van der Waals surface area (Å²) in [6.07, 6.45) is 0. The van der Waals surface area contributed by atoms with E-state index in [1.54, 1.807) is 0 Å². The van der Waals surface area contributed by atoms with Gasteiger partial charge in [-0.05, 0) is 57.9 Å². The number of benzene rings is 2. The highest BCUT2D eigenvalue weighted by molar-refractivity contribution is 9.10. The highest BCUT2D eigenvalue weighted by Crippen LogP contribution is 2.30. The Morgan fingerprint density at radius 2 is 1.90 bits per heavy atom. The molecule has 3 nitrogen and oxygen atoms in total. The van der Waals surface area contributed by atoms with E-state index in [1.165, 1.54) is 18.2 Å². The molecule has 0 spiro atoms. The number of hydrogen-bond donors (Lipinski definition) is 0. The predicted molar refractivity (Wildman–Crippen MR) is 78.7 cm³/mol. The number of fused-ring (bicyclic) bond motifs is 1. The monoisotopic (exact) mass is 352 g/mol. The molecule has 1 heterocycles. The summed E-state index contributed by atoms with van der Waals surface area (Å²) in [4.78, 5) is 8.19. The van der Waals surface area contributed by atoms with Crippen LogP contribution < -0.4 is 4.74 Å². The van der Waals surface area contributed by atoms with Gasteiger partial charge >= 0.3 is 0 Å². The van der Waals surface area contributed by atoms with Crippen LogP contribution in [-0.4, -0.2) is 9.97 Å². The van der Waals surface area contributed by atoms with Crippen LogP contribution in [0.3, 0.4) is 0 Å². The summed E-state index contributed by atoms with van der Waals surface area (Å²) in [5.74, 6) is 0.431. The van der Waals surface area contributed by atoms with Gasteiger partial charge in [0.2, 0.25) is 11.2 Å². The molecule has 20 heavy (non-hydrogen) atoms. The van der Waals surface area contributed by atoms with Gasteiger partial charge in [-0.25, -0.2) is 9.37 Å². The SMILES string of the molecule is Fc1ccc(Oc2nc(Cl)nc3ccccc23)cc1Br. The molecule has 0 aliphatic heterocycles. The van der Waals surface area contributed by atoms with Gasteiger partial charge in [0.1, 0.15) is 11.6 Å². The molecule has 0 atom stereocenters. The Morgan fingerprint density at radius 3 is 2.70 bits per heavy atom. The molecular weight excluding hydrogens is 347 g/mol. The molecule has 3 rings (SSSR count). The van der Waals surface area contributed by atoms with Gasteiger partial charge in [-0.15, -0.1) is 0 Å². The van der Waals surface area contributed by atoms with Crippen molar-refractivity contribution in [2.75, 3.05) is 0 Å². The zero-order valence-corrected chi connectivity index (χ0v) is 12.3. The van der Waals surface area contributed by atoms with E-state index in [4.69, 9.17) is 16.3 Å². The van der Waals surface area contributed by atoms with Crippen molar-refractivity contribution in [3.63, 3.8) is 0 Å². The van der Waals surface area contributed by atoms with Gasteiger partial charge in [0, 0.05) is 0 Å². The molecule has 0 radical (unpaired) electrons. The molecule has 0 amide bonds. The maximum Gasteiger partial charge on any atom is 0.231 e. The minimum atomic E-state index is -0.358. The molecule has 0 saturated carbocycles. The Hall–Kier alpha value is -1.72. The van der Waals surface area contributed by atoms with Gasteiger partial charge in [0.05, 0.1) is 15.4 Å². The molecular formula is C14H7BrClFN2O. The minimum absolute atomic E-state index is 0.0971. The quantitative estimate of drug-likeness (QED) is 0.610. The van der Waals surface area contributed by atoms with Crippen molar-refractivity contribution in [3.05, 3.63) is 58.0 Å². The fourth-order valence-corrected chi connectivity index (χ4v) is 2.28. The van der Waals surface area contributed by atoms with Crippen LogP contribution in [0.25, 0.3) is 10.9 Å². The second-order valence-corrected chi connectivity index (χ2v) is 5.19. The van der Waals surface area contributed by atoms with Crippen molar-refractivity contribution in [2.24, 2.45) is 0 Å². The predicted octanol–water partition coefficient (Wildman–Crippen LogP) is 4.98. The third-order valence-corrected chi connectivity index (χ3v) is 3.42. The van der Waals surface area contributed by atoms with E-state index in [0.29, 0.717) is 21.6 Å². The largest absolute Gasteiger partial charge is 0.438 e. The summed E-state index contributed by atoms with van der Waals surface area (Å²) >= 11 is 8.98. The lowest BCUT2D eigenvalue weighted by molar-refractivity contribution is 0.466. The first-order valence-corrected chi connectivity index (χ1v) is 6.86. The number of aromatic nitrogens is 2. The lowest BCUT2D eigenvalue weighted by atomic mass is 10.2. The van der Waals surface area contributed by atoms with Gasteiger partial charge in [-0.3, -0.25) is 0 Å². The fraction of sp³-hybridized carbons (Fsp3) is 0. The molecule has 0 aliphatic carbocycles. The normalized spacial score (nSPS) is 10.8. The summed E-state index contributed by atoms with van der Waals surface area (Å²) in [6.45, 7) is 0. The molecule has 6 heteroatoms. The number of nitrogens with zero attached hydrogens (tertiary/aromatic N) is 2. The van der Waals surface area contributed by atoms with Crippen LogP contribution in [0.15, 0.2) is 46.9 Å². The van der Waals surface area contributed by atoms with E-state index in [9.17, 15) is 4.39 Å². The van der Waals surface area contributed by atoms with Crippen LogP contribution in [0.2, 0.25) is 5.28 Å². The van der Waals surface area contributed by atoms with Gasteiger partial charge < -0.3 is 4.74 Å². The van der Waals surface area contributed by atoms with Crippen LogP contribution >= 0.6 is 27.5 Å². The summed E-state index contributed by atoms with van der Waals surface area (Å²) in [5.41, 5.74) is 0.684. The average molecular weight is 354 g/mol. The third-order valence-electron chi connectivity index (χ3n) is 2.65. The summed E-state index contributed by atoms with van der Waals surface area (Å²) in [5, 5.41) is 0.831. The zero-order valence-electron chi connectivity index (χ0n) is 9.98. The van der Waals surface area contributed by atoms with Gasteiger partial charge in [0.15, 0.2) is 0 Å². The topological polar surface area (TPSA) is 35.0 Å².